The zero-order valence-electron chi connectivity index (χ0n) is 19.9. The molecule has 1 N–H and O–H groups in total. The Morgan fingerprint density at radius 3 is 2.56 bits per heavy atom. The summed E-state index contributed by atoms with van der Waals surface area (Å²) in [4.78, 5) is 16.9. The number of benzene rings is 2. The SMILES string of the molecule is O=C(NCC1CCCCC1)Oc1cc(OCc2ccccc2)cc(-c2cncc(-c3nnco3)c2)c1. The molecule has 1 amide bonds. The lowest BCUT2D eigenvalue weighted by atomic mass is 9.89. The van der Waals surface area contributed by atoms with Gasteiger partial charge in [0.05, 0.1) is 5.56 Å². The third kappa shape index (κ3) is 6.27. The minimum absolute atomic E-state index is 0.374. The maximum Gasteiger partial charge on any atom is 0.412 e. The van der Waals surface area contributed by atoms with E-state index in [2.05, 4.69) is 20.5 Å². The molecule has 0 unspecified atom stereocenters. The Morgan fingerprint density at radius 2 is 1.75 bits per heavy atom. The van der Waals surface area contributed by atoms with Crippen LogP contribution in [0.2, 0.25) is 0 Å². The number of hydrogen-bond donors (Lipinski definition) is 1. The lowest BCUT2D eigenvalue weighted by Gasteiger charge is -2.21. The molecule has 0 saturated heterocycles. The Kier molecular flexibility index (Phi) is 7.51. The van der Waals surface area contributed by atoms with Crippen molar-refractivity contribution in [3.63, 3.8) is 0 Å². The average molecular weight is 485 g/mol. The highest BCUT2D eigenvalue weighted by Gasteiger charge is 2.16. The quantitative estimate of drug-likeness (QED) is 0.325. The van der Waals surface area contributed by atoms with Gasteiger partial charge in [0.15, 0.2) is 0 Å². The van der Waals surface area contributed by atoms with Crippen LogP contribution in [0.5, 0.6) is 11.5 Å². The molecular weight excluding hydrogens is 456 g/mol. The van der Waals surface area contributed by atoms with Crippen LogP contribution >= 0.6 is 0 Å². The zero-order chi connectivity index (χ0) is 24.6. The van der Waals surface area contributed by atoms with E-state index < -0.39 is 6.09 Å². The normalized spacial score (nSPS) is 13.8. The molecule has 1 aliphatic rings. The van der Waals surface area contributed by atoms with E-state index in [1.165, 1.54) is 25.7 Å². The summed E-state index contributed by atoms with van der Waals surface area (Å²) in [6.45, 7) is 1.02. The van der Waals surface area contributed by atoms with Crippen molar-refractivity contribution in [3.05, 3.63) is 78.9 Å². The third-order valence-electron chi connectivity index (χ3n) is 6.28. The van der Waals surface area contributed by atoms with E-state index in [4.69, 9.17) is 13.9 Å². The summed E-state index contributed by atoms with van der Waals surface area (Å²) in [5.74, 6) is 1.86. The number of hydrogen-bond acceptors (Lipinski definition) is 7. The molecule has 1 saturated carbocycles. The minimum Gasteiger partial charge on any atom is -0.489 e. The monoisotopic (exact) mass is 484 g/mol. The van der Waals surface area contributed by atoms with Gasteiger partial charge in [-0.1, -0.05) is 49.6 Å². The Hall–Kier alpha value is -4.20. The van der Waals surface area contributed by atoms with Crippen molar-refractivity contribution in [3.8, 4) is 34.1 Å². The van der Waals surface area contributed by atoms with Gasteiger partial charge in [-0.15, -0.1) is 10.2 Å². The number of carbonyl (C=O) groups excluding carboxylic acids is 1. The lowest BCUT2D eigenvalue weighted by molar-refractivity contribution is 0.196. The summed E-state index contributed by atoms with van der Waals surface area (Å²) in [6.07, 6.45) is 10.2. The minimum atomic E-state index is -0.468. The highest BCUT2D eigenvalue weighted by molar-refractivity contribution is 5.74. The summed E-state index contributed by atoms with van der Waals surface area (Å²) in [6, 6.07) is 17.2. The van der Waals surface area contributed by atoms with Crippen LogP contribution < -0.4 is 14.8 Å². The molecule has 0 aliphatic heterocycles. The second kappa shape index (κ2) is 11.5. The molecule has 184 valence electrons. The first kappa shape index (κ1) is 23.5. The van der Waals surface area contributed by atoms with Gasteiger partial charge in [-0.05, 0) is 48.1 Å². The Morgan fingerprint density at radius 1 is 0.944 bits per heavy atom. The summed E-state index contributed by atoms with van der Waals surface area (Å²) >= 11 is 0. The molecule has 8 heteroatoms. The van der Waals surface area contributed by atoms with Crippen LogP contribution in [0, 0.1) is 5.92 Å². The molecule has 8 nitrogen and oxygen atoms in total. The first-order valence-electron chi connectivity index (χ1n) is 12.2. The standard InChI is InChI=1S/C28H28N4O4/c33-28(30-15-20-7-3-1-4-8-20)36-26-13-22(12-25(14-26)34-18-21-9-5-2-6-10-21)23-11-24(17-29-16-23)27-32-31-19-35-27/h2,5-6,9-14,16-17,19-20H,1,3-4,7-8,15,18H2,(H,30,33). The zero-order valence-corrected chi connectivity index (χ0v) is 19.9. The Labute approximate surface area is 209 Å². The number of nitrogens with zero attached hydrogens (tertiary/aromatic N) is 3. The summed E-state index contributed by atoms with van der Waals surface area (Å²) in [5, 5.41) is 10.6. The predicted octanol–water partition coefficient (Wildman–Crippen LogP) is 6.05. The van der Waals surface area contributed by atoms with Crippen molar-refractivity contribution >= 4 is 6.09 Å². The maximum absolute atomic E-state index is 12.6. The van der Waals surface area contributed by atoms with Gasteiger partial charge in [0.25, 0.3) is 0 Å². The van der Waals surface area contributed by atoms with Crippen LogP contribution in [0.25, 0.3) is 22.6 Å². The van der Waals surface area contributed by atoms with Crippen LogP contribution in [-0.4, -0.2) is 27.8 Å². The third-order valence-corrected chi connectivity index (χ3v) is 6.28. The van der Waals surface area contributed by atoms with Gasteiger partial charge in [0.1, 0.15) is 18.1 Å². The summed E-state index contributed by atoms with van der Waals surface area (Å²) in [7, 11) is 0. The fourth-order valence-electron chi connectivity index (χ4n) is 4.40. The predicted molar refractivity (Wildman–Crippen MR) is 134 cm³/mol. The van der Waals surface area contributed by atoms with Crippen LogP contribution in [0.4, 0.5) is 4.79 Å². The average Bonchev–Trinajstić information content (AvgIpc) is 3.47. The van der Waals surface area contributed by atoms with Gasteiger partial charge < -0.3 is 19.2 Å². The number of pyridine rings is 1. The molecule has 2 aromatic heterocycles. The second-order valence-electron chi connectivity index (χ2n) is 8.95. The topological polar surface area (TPSA) is 99.4 Å². The number of nitrogens with one attached hydrogen (secondary N) is 1. The Bertz CT molecular complexity index is 1270. The van der Waals surface area contributed by atoms with E-state index in [-0.39, 0.29) is 0 Å². The fraction of sp³-hybridized carbons (Fsp3) is 0.286. The van der Waals surface area contributed by atoms with Gasteiger partial charge in [-0.3, -0.25) is 4.98 Å². The molecule has 0 atom stereocenters. The van der Waals surface area contributed by atoms with E-state index in [1.54, 1.807) is 24.5 Å². The van der Waals surface area contributed by atoms with Gasteiger partial charge >= 0.3 is 6.09 Å². The van der Waals surface area contributed by atoms with Crippen molar-refractivity contribution in [1.82, 2.24) is 20.5 Å². The van der Waals surface area contributed by atoms with E-state index in [0.717, 1.165) is 29.5 Å². The van der Waals surface area contributed by atoms with Crippen molar-refractivity contribution in [1.29, 1.82) is 0 Å². The number of aromatic nitrogens is 3. The van der Waals surface area contributed by atoms with E-state index >= 15 is 0 Å². The van der Waals surface area contributed by atoms with Crippen LogP contribution in [-0.2, 0) is 6.61 Å². The maximum atomic E-state index is 12.6. The van der Waals surface area contributed by atoms with Gasteiger partial charge in [0.2, 0.25) is 12.3 Å². The molecule has 5 rings (SSSR count). The van der Waals surface area contributed by atoms with Crippen molar-refractivity contribution < 1.29 is 18.7 Å². The van der Waals surface area contributed by atoms with Crippen LogP contribution in [0.15, 0.2) is 77.8 Å². The first-order chi connectivity index (χ1) is 17.7. The first-order valence-corrected chi connectivity index (χ1v) is 12.2. The van der Waals surface area contributed by atoms with E-state index in [9.17, 15) is 4.79 Å². The molecule has 4 aromatic rings. The highest BCUT2D eigenvalue weighted by atomic mass is 16.6. The van der Waals surface area contributed by atoms with Crippen molar-refractivity contribution in [2.75, 3.05) is 6.54 Å². The molecular formula is C28H28N4O4. The molecule has 0 spiro atoms. The van der Waals surface area contributed by atoms with Crippen molar-refractivity contribution in [2.24, 2.45) is 5.92 Å². The highest BCUT2D eigenvalue weighted by Crippen LogP contribution is 2.32. The number of carbonyl (C=O) groups is 1. The van der Waals surface area contributed by atoms with E-state index in [0.29, 0.717) is 42.0 Å². The lowest BCUT2D eigenvalue weighted by Crippen LogP contribution is -2.32. The number of rotatable bonds is 8. The van der Waals surface area contributed by atoms with Crippen LogP contribution in [0.1, 0.15) is 37.7 Å². The molecule has 2 aromatic carbocycles. The number of amides is 1. The largest absolute Gasteiger partial charge is 0.489 e. The van der Waals surface area contributed by atoms with Crippen molar-refractivity contribution in [2.45, 2.75) is 38.7 Å². The van der Waals surface area contributed by atoms with Gasteiger partial charge in [-0.2, -0.15) is 0 Å². The fourth-order valence-corrected chi connectivity index (χ4v) is 4.40. The van der Waals surface area contributed by atoms with Gasteiger partial charge in [0, 0.05) is 30.6 Å². The smallest absolute Gasteiger partial charge is 0.412 e. The second-order valence-corrected chi connectivity index (χ2v) is 8.95. The van der Waals surface area contributed by atoms with E-state index in [1.807, 2.05) is 42.5 Å². The molecule has 2 heterocycles. The van der Waals surface area contributed by atoms with Gasteiger partial charge in [-0.25, -0.2) is 4.79 Å². The molecule has 0 bridgehead atoms. The number of ether oxygens (including phenoxy) is 2. The molecule has 1 fully saturated rings. The summed E-state index contributed by atoms with van der Waals surface area (Å²) < 4.78 is 17.0. The van der Waals surface area contributed by atoms with Crippen LogP contribution in [0.3, 0.4) is 0 Å². The molecule has 0 radical (unpaired) electrons. The Balaban J connectivity index is 1.36. The summed E-state index contributed by atoms with van der Waals surface area (Å²) in [5.41, 5.74) is 3.30. The molecule has 1 aliphatic carbocycles. The molecule has 36 heavy (non-hydrogen) atoms.